The molecular formula is C7H26O12Si6. The molecule has 1 heterocycles. The van der Waals surface area contributed by atoms with Gasteiger partial charge in [-0.3, -0.25) is 0 Å². The molecule has 0 aromatic rings. The molecule has 18 heteroatoms. The van der Waals surface area contributed by atoms with Crippen LogP contribution in [0.1, 0.15) is 0 Å². The Labute approximate surface area is 152 Å². The molecule has 0 amide bonds. The number of rotatable bonds is 5. The van der Waals surface area contributed by atoms with Crippen LogP contribution in [0.4, 0.5) is 0 Å². The van der Waals surface area contributed by atoms with E-state index in [1.165, 1.54) is 32.7 Å². The van der Waals surface area contributed by atoms with Gasteiger partial charge in [-0.1, -0.05) is 0 Å². The highest BCUT2D eigenvalue weighted by Crippen LogP contribution is 2.30. The van der Waals surface area contributed by atoms with Gasteiger partial charge in [-0.2, -0.15) is 0 Å². The molecule has 25 heavy (non-hydrogen) atoms. The molecule has 1 aliphatic rings. The van der Waals surface area contributed by atoms with E-state index >= 15 is 0 Å². The zero-order valence-corrected chi connectivity index (χ0v) is 21.1. The molecule has 0 aliphatic carbocycles. The van der Waals surface area contributed by atoms with Gasteiger partial charge >= 0.3 is 52.8 Å². The molecule has 150 valence electrons. The molecule has 1 aliphatic heterocycles. The maximum atomic E-state index is 10.4. The van der Waals surface area contributed by atoms with Gasteiger partial charge < -0.3 is 53.1 Å². The highest BCUT2D eigenvalue weighted by molar-refractivity contribution is 6.89. The molecule has 0 saturated carbocycles. The number of hydrogen-bond acceptors (Lipinski definition) is 12. The molecule has 0 bridgehead atoms. The Morgan fingerprint density at radius 3 is 1.72 bits per heavy atom. The van der Waals surface area contributed by atoms with Crippen molar-refractivity contribution in [1.29, 1.82) is 0 Å². The molecule has 1 rings (SSSR count). The van der Waals surface area contributed by atoms with Gasteiger partial charge in [0, 0.05) is 33.3 Å². The van der Waals surface area contributed by atoms with E-state index in [0.29, 0.717) is 0 Å². The van der Waals surface area contributed by atoms with Gasteiger partial charge in [-0.15, -0.1) is 0 Å². The third-order valence-corrected chi connectivity index (χ3v) is 20.6. The topological polar surface area (TPSA) is 166 Å². The van der Waals surface area contributed by atoms with Crippen molar-refractivity contribution >= 4 is 52.8 Å². The molecule has 0 spiro atoms. The van der Waals surface area contributed by atoms with E-state index in [2.05, 4.69) is 0 Å². The molecule has 5 N–H and O–H groups in total. The highest BCUT2D eigenvalue weighted by atomic mass is 28.6. The Bertz CT molecular complexity index is 483. The summed E-state index contributed by atoms with van der Waals surface area (Å²) < 4.78 is 36.6. The van der Waals surface area contributed by atoms with Crippen LogP contribution in [-0.4, -0.2) is 83.9 Å². The summed E-state index contributed by atoms with van der Waals surface area (Å²) in [5.41, 5.74) is 0. The second-order valence-electron chi connectivity index (χ2n) is 6.34. The fourth-order valence-electron chi connectivity index (χ4n) is 2.21. The smallest absolute Gasteiger partial charge is 0.411 e. The minimum absolute atomic E-state index is 1.08. The van der Waals surface area contributed by atoms with Crippen LogP contribution in [-0.2, 0) is 29.1 Å². The van der Waals surface area contributed by atoms with Crippen LogP contribution in [0.15, 0.2) is 0 Å². The highest BCUT2D eigenvalue weighted by Gasteiger charge is 2.64. The van der Waals surface area contributed by atoms with Crippen molar-refractivity contribution in [2.24, 2.45) is 0 Å². The lowest BCUT2D eigenvalue weighted by Crippen LogP contribution is -2.72. The van der Waals surface area contributed by atoms with Crippen molar-refractivity contribution in [2.45, 2.75) is 39.3 Å². The molecule has 12 nitrogen and oxygen atoms in total. The second-order valence-corrected chi connectivity index (χ2v) is 22.7. The zero-order valence-electron chi connectivity index (χ0n) is 15.1. The first kappa shape index (κ1) is 23.9. The van der Waals surface area contributed by atoms with Crippen LogP contribution >= 0.6 is 0 Å². The minimum Gasteiger partial charge on any atom is -0.411 e. The van der Waals surface area contributed by atoms with Crippen molar-refractivity contribution in [3.63, 3.8) is 0 Å². The van der Waals surface area contributed by atoms with E-state index in [1.54, 1.807) is 0 Å². The first-order valence-corrected chi connectivity index (χ1v) is 20.7. The van der Waals surface area contributed by atoms with Crippen LogP contribution in [0.25, 0.3) is 0 Å². The molecule has 5 atom stereocenters. The molecule has 0 aromatic carbocycles. The fourth-order valence-corrected chi connectivity index (χ4v) is 22.5. The van der Waals surface area contributed by atoms with Gasteiger partial charge in [0.2, 0.25) is 0 Å². The van der Waals surface area contributed by atoms with E-state index in [0.717, 1.165) is 13.7 Å². The maximum Gasteiger partial charge on any atom is 0.661 e. The predicted molar refractivity (Wildman–Crippen MR) is 94.3 cm³/mol. The molecular weight excluding hydrogens is 445 g/mol. The first-order valence-electron chi connectivity index (χ1n) is 7.18. The van der Waals surface area contributed by atoms with Crippen LogP contribution in [0.2, 0.25) is 39.3 Å². The normalized spacial score (nSPS) is 43.2. The van der Waals surface area contributed by atoms with E-state index in [9.17, 15) is 24.0 Å². The van der Waals surface area contributed by atoms with E-state index in [4.69, 9.17) is 29.1 Å². The standard InChI is InChI=1S/C7H26O12Si6/c1-13-25(12)18-23(6,11)15-22(5,10)17-24(7,19-25)16-21(4,9)14-20(2,3)8/h8-12H,1-7H3. The van der Waals surface area contributed by atoms with Crippen molar-refractivity contribution in [3.8, 4) is 0 Å². The lowest BCUT2D eigenvalue weighted by Gasteiger charge is -2.43. The van der Waals surface area contributed by atoms with Gasteiger partial charge in [0.1, 0.15) is 0 Å². The third kappa shape index (κ3) is 8.15. The van der Waals surface area contributed by atoms with Crippen molar-refractivity contribution in [1.82, 2.24) is 0 Å². The Morgan fingerprint density at radius 1 is 0.800 bits per heavy atom. The Hall–Kier alpha value is 0.821. The van der Waals surface area contributed by atoms with Crippen LogP contribution in [0, 0.1) is 0 Å². The molecule has 1 fully saturated rings. The van der Waals surface area contributed by atoms with Gasteiger partial charge in [0.15, 0.2) is 0 Å². The van der Waals surface area contributed by atoms with E-state index < -0.39 is 52.8 Å². The molecule has 0 radical (unpaired) electrons. The van der Waals surface area contributed by atoms with Crippen LogP contribution in [0.3, 0.4) is 0 Å². The maximum absolute atomic E-state index is 10.4. The Morgan fingerprint density at radius 2 is 1.28 bits per heavy atom. The Kier molecular flexibility index (Phi) is 7.00. The Balaban J connectivity index is 3.16. The lowest BCUT2D eigenvalue weighted by atomic mass is 11.8. The quantitative estimate of drug-likeness (QED) is 0.284. The average Bonchev–Trinajstić information content (AvgIpc) is 2.17. The summed E-state index contributed by atoms with van der Waals surface area (Å²) in [6, 6.07) is 0. The SMILES string of the molecule is CO[Si]1(O)O[Si](C)(O)O[Si](C)(O)O[Si](C)(O[Si](C)(O)O[Si](C)(C)O)O1. The zero-order chi connectivity index (χ0) is 19.9. The van der Waals surface area contributed by atoms with Crippen molar-refractivity contribution in [3.05, 3.63) is 0 Å². The summed E-state index contributed by atoms with van der Waals surface area (Å²) in [5.74, 6) is 0. The van der Waals surface area contributed by atoms with E-state index in [-0.39, 0.29) is 0 Å². The first-order chi connectivity index (χ1) is 10.8. The largest absolute Gasteiger partial charge is 0.661 e. The van der Waals surface area contributed by atoms with Crippen molar-refractivity contribution < 1.29 is 53.1 Å². The van der Waals surface area contributed by atoms with Gasteiger partial charge in [-0.05, 0) is 13.1 Å². The summed E-state index contributed by atoms with van der Waals surface area (Å²) in [7, 11) is -22.6. The third-order valence-electron chi connectivity index (χ3n) is 2.46. The van der Waals surface area contributed by atoms with Crippen molar-refractivity contribution in [2.75, 3.05) is 7.11 Å². The average molecular weight is 471 g/mol. The summed E-state index contributed by atoms with van der Waals surface area (Å²) in [6.07, 6.45) is 0. The summed E-state index contributed by atoms with van der Waals surface area (Å²) in [5, 5.41) is 0. The summed E-state index contributed by atoms with van der Waals surface area (Å²) in [4.78, 5) is 51.1. The monoisotopic (exact) mass is 470 g/mol. The fraction of sp³-hybridized carbons (Fsp3) is 1.00. The molecule has 0 aromatic heterocycles. The van der Waals surface area contributed by atoms with E-state index in [1.807, 2.05) is 0 Å². The van der Waals surface area contributed by atoms with Gasteiger partial charge in [0.05, 0.1) is 0 Å². The van der Waals surface area contributed by atoms with Gasteiger partial charge in [0.25, 0.3) is 0 Å². The molecule has 1 saturated heterocycles. The van der Waals surface area contributed by atoms with Crippen LogP contribution in [0.5, 0.6) is 0 Å². The molecule has 5 unspecified atom stereocenters. The summed E-state index contributed by atoms with van der Waals surface area (Å²) in [6.45, 7) is 7.66. The minimum atomic E-state index is -4.47. The lowest BCUT2D eigenvalue weighted by molar-refractivity contribution is 0.0187. The second kappa shape index (κ2) is 7.33. The summed E-state index contributed by atoms with van der Waals surface area (Å²) >= 11 is 0. The van der Waals surface area contributed by atoms with Gasteiger partial charge in [-0.25, -0.2) is 0 Å². The predicted octanol–water partition coefficient (Wildman–Crippen LogP) is -1.88. The number of hydrogen-bond donors (Lipinski definition) is 5. The van der Waals surface area contributed by atoms with Crippen LogP contribution < -0.4 is 0 Å².